The van der Waals surface area contributed by atoms with E-state index in [2.05, 4.69) is 5.32 Å². The van der Waals surface area contributed by atoms with Crippen molar-refractivity contribution in [3.63, 3.8) is 0 Å². The van der Waals surface area contributed by atoms with Gasteiger partial charge >= 0.3 is 0 Å². The van der Waals surface area contributed by atoms with Crippen molar-refractivity contribution in [2.45, 2.75) is 25.8 Å². The van der Waals surface area contributed by atoms with E-state index in [-0.39, 0.29) is 37.1 Å². The lowest BCUT2D eigenvalue weighted by atomic mass is 9.99. The molecule has 1 N–H and O–H groups in total. The molecule has 0 saturated carbocycles. The Morgan fingerprint density at radius 3 is 2.10 bits per heavy atom. The Morgan fingerprint density at radius 2 is 1.40 bits per heavy atom. The lowest BCUT2D eigenvalue weighted by Crippen LogP contribution is -2.28. The van der Waals surface area contributed by atoms with E-state index in [0.717, 1.165) is 16.7 Å². The highest BCUT2D eigenvalue weighted by Gasteiger charge is 2.28. The Balaban J connectivity index is 1.44. The van der Waals surface area contributed by atoms with Crippen molar-refractivity contribution in [2.75, 3.05) is 5.32 Å². The van der Waals surface area contributed by atoms with Crippen LogP contribution in [-0.4, -0.2) is 22.6 Å². The highest BCUT2D eigenvalue weighted by molar-refractivity contribution is 6.05. The molecule has 1 aliphatic rings. The van der Waals surface area contributed by atoms with Gasteiger partial charge in [0.15, 0.2) is 0 Å². The van der Waals surface area contributed by atoms with Crippen LogP contribution in [0.1, 0.15) is 39.9 Å². The highest BCUT2D eigenvalue weighted by Crippen LogP contribution is 2.19. The molecule has 0 radical (unpaired) electrons. The number of hydrogen-bond acceptors (Lipinski definition) is 3. The summed E-state index contributed by atoms with van der Waals surface area (Å²) >= 11 is 0. The van der Waals surface area contributed by atoms with Gasteiger partial charge in [-0.15, -0.1) is 0 Å². The summed E-state index contributed by atoms with van der Waals surface area (Å²) in [5.41, 5.74) is 4.26. The summed E-state index contributed by atoms with van der Waals surface area (Å²) in [5.74, 6) is -0.431. The quantitative estimate of drug-likeness (QED) is 0.634. The summed E-state index contributed by atoms with van der Waals surface area (Å²) in [6, 6.07) is 24.9. The first-order chi connectivity index (χ1) is 14.6. The summed E-state index contributed by atoms with van der Waals surface area (Å²) in [5, 5.41) is 2.94. The van der Waals surface area contributed by atoms with Crippen LogP contribution < -0.4 is 5.32 Å². The molecule has 0 aliphatic carbocycles. The third-order valence-electron chi connectivity index (χ3n) is 5.21. The Labute approximate surface area is 175 Å². The number of benzene rings is 3. The molecule has 1 saturated heterocycles. The fourth-order valence-corrected chi connectivity index (χ4v) is 3.59. The van der Waals surface area contributed by atoms with Gasteiger partial charge in [0, 0.05) is 24.1 Å². The molecule has 3 aromatic rings. The normalized spacial score (nSPS) is 13.5. The molecule has 1 aliphatic heterocycles. The van der Waals surface area contributed by atoms with E-state index in [1.807, 2.05) is 66.7 Å². The Kier molecular flexibility index (Phi) is 5.70. The van der Waals surface area contributed by atoms with Crippen molar-refractivity contribution in [3.05, 3.63) is 101 Å². The van der Waals surface area contributed by atoms with Gasteiger partial charge in [0.05, 0.1) is 6.54 Å². The standard InChI is InChI=1S/C25H22N2O3/c28-23-14-15-24(29)27(23)17-19-10-12-21(13-11-19)26-25(30)22-9-5-4-8-20(22)16-18-6-2-1-3-7-18/h1-13H,14-17H2,(H,26,30). The summed E-state index contributed by atoms with van der Waals surface area (Å²) in [4.78, 5) is 37.7. The lowest BCUT2D eigenvalue weighted by Gasteiger charge is -2.14. The zero-order chi connectivity index (χ0) is 20.9. The third-order valence-corrected chi connectivity index (χ3v) is 5.21. The molecule has 0 aromatic heterocycles. The van der Waals surface area contributed by atoms with Crippen LogP contribution in [0.2, 0.25) is 0 Å². The summed E-state index contributed by atoms with van der Waals surface area (Å²) in [6.45, 7) is 0.270. The Bertz CT molecular complexity index is 1060. The zero-order valence-corrected chi connectivity index (χ0v) is 16.5. The molecular formula is C25H22N2O3. The Hall–Kier alpha value is -3.73. The third kappa shape index (κ3) is 4.46. The summed E-state index contributed by atoms with van der Waals surface area (Å²) < 4.78 is 0. The molecule has 0 spiro atoms. The number of amides is 3. The number of nitrogens with zero attached hydrogens (tertiary/aromatic N) is 1. The van der Waals surface area contributed by atoms with Crippen LogP contribution in [0, 0.1) is 0 Å². The van der Waals surface area contributed by atoms with Gasteiger partial charge in [0.1, 0.15) is 0 Å². The average molecular weight is 398 g/mol. The van der Waals surface area contributed by atoms with Crippen molar-refractivity contribution in [3.8, 4) is 0 Å². The molecule has 1 heterocycles. The number of carbonyl (C=O) groups excluding carboxylic acids is 3. The minimum Gasteiger partial charge on any atom is -0.322 e. The molecule has 0 unspecified atom stereocenters. The van der Waals surface area contributed by atoms with Gasteiger partial charge in [-0.1, -0.05) is 60.7 Å². The van der Waals surface area contributed by atoms with Crippen LogP contribution in [0.15, 0.2) is 78.9 Å². The number of nitrogens with one attached hydrogen (secondary N) is 1. The zero-order valence-electron chi connectivity index (χ0n) is 16.5. The van der Waals surface area contributed by atoms with E-state index >= 15 is 0 Å². The van der Waals surface area contributed by atoms with Crippen molar-refractivity contribution >= 4 is 23.4 Å². The second kappa shape index (κ2) is 8.74. The minimum atomic E-state index is -0.167. The first-order valence-corrected chi connectivity index (χ1v) is 9.95. The van der Waals surface area contributed by atoms with Crippen molar-refractivity contribution < 1.29 is 14.4 Å². The number of rotatable bonds is 6. The molecule has 0 bridgehead atoms. The van der Waals surface area contributed by atoms with Crippen LogP contribution in [0.4, 0.5) is 5.69 Å². The molecule has 1 fully saturated rings. The van der Waals surface area contributed by atoms with Crippen molar-refractivity contribution in [1.82, 2.24) is 4.90 Å². The van der Waals surface area contributed by atoms with Crippen LogP contribution in [0.3, 0.4) is 0 Å². The largest absolute Gasteiger partial charge is 0.322 e. The topological polar surface area (TPSA) is 66.5 Å². The first kappa shape index (κ1) is 19.6. The number of carbonyl (C=O) groups is 3. The molecule has 5 heteroatoms. The smallest absolute Gasteiger partial charge is 0.255 e. The molecule has 150 valence electrons. The van der Waals surface area contributed by atoms with Gasteiger partial charge in [-0.2, -0.15) is 0 Å². The molecular weight excluding hydrogens is 376 g/mol. The van der Waals surface area contributed by atoms with E-state index in [9.17, 15) is 14.4 Å². The maximum atomic E-state index is 12.9. The van der Waals surface area contributed by atoms with Crippen LogP contribution in [-0.2, 0) is 22.6 Å². The monoisotopic (exact) mass is 398 g/mol. The highest BCUT2D eigenvalue weighted by atomic mass is 16.2. The second-order valence-corrected chi connectivity index (χ2v) is 7.34. The fraction of sp³-hybridized carbons (Fsp3) is 0.160. The van der Waals surface area contributed by atoms with Gasteiger partial charge in [0.25, 0.3) is 5.91 Å². The van der Waals surface area contributed by atoms with Crippen molar-refractivity contribution in [1.29, 1.82) is 0 Å². The molecule has 3 aromatic carbocycles. The maximum absolute atomic E-state index is 12.9. The first-order valence-electron chi connectivity index (χ1n) is 9.95. The van der Waals surface area contributed by atoms with Crippen molar-refractivity contribution in [2.24, 2.45) is 0 Å². The van der Waals surface area contributed by atoms with E-state index in [0.29, 0.717) is 17.7 Å². The SMILES string of the molecule is O=C(Nc1ccc(CN2C(=O)CCC2=O)cc1)c1ccccc1Cc1ccccc1. The molecule has 0 atom stereocenters. The lowest BCUT2D eigenvalue weighted by molar-refractivity contribution is -0.139. The van der Waals surface area contributed by atoms with Crippen LogP contribution in [0.5, 0.6) is 0 Å². The predicted molar refractivity (Wildman–Crippen MR) is 115 cm³/mol. The Morgan fingerprint density at radius 1 is 0.767 bits per heavy atom. The summed E-state index contributed by atoms with van der Waals surface area (Å²) in [6.07, 6.45) is 1.26. The molecule has 30 heavy (non-hydrogen) atoms. The molecule has 3 amide bonds. The van der Waals surface area contributed by atoms with Gasteiger partial charge in [-0.3, -0.25) is 19.3 Å². The van der Waals surface area contributed by atoms with E-state index in [1.165, 1.54) is 4.90 Å². The number of likely N-dealkylation sites (tertiary alicyclic amines) is 1. The number of anilines is 1. The van der Waals surface area contributed by atoms with E-state index in [1.54, 1.807) is 12.1 Å². The molecule has 5 nitrogen and oxygen atoms in total. The molecule has 4 rings (SSSR count). The maximum Gasteiger partial charge on any atom is 0.255 e. The number of imide groups is 1. The van der Waals surface area contributed by atoms with E-state index in [4.69, 9.17) is 0 Å². The van der Waals surface area contributed by atoms with Crippen LogP contribution in [0.25, 0.3) is 0 Å². The van der Waals surface area contributed by atoms with Gasteiger partial charge in [-0.05, 0) is 41.3 Å². The van der Waals surface area contributed by atoms with Crippen LogP contribution >= 0.6 is 0 Å². The predicted octanol–water partition coefficient (Wildman–Crippen LogP) is 4.18. The second-order valence-electron chi connectivity index (χ2n) is 7.34. The average Bonchev–Trinajstić information content (AvgIpc) is 3.08. The van der Waals surface area contributed by atoms with Gasteiger partial charge in [0.2, 0.25) is 11.8 Å². The summed E-state index contributed by atoms with van der Waals surface area (Å²) in [7, 11) is 0. The van der Waals surface area contributed by atoms with Gasteiger partial charge in [-0.25, -0.2) is 0 Å². The van der Waals surface area contributed by atoms with Gasteiger partial charge < -0.3 is 5.32 Å². The minimum absolute atomic E-state index is 0.132. The van der Waals surface area contributed by atoms with E-state index < -0.39 is 0 Å². The fourth-order valence-electron chi connectivity index (χ4n) is 3.59. The number of hydrogen-bond donors (Lipinski definition) is 1.